The average Bonchev–Trinajstić information content (AvgIpc) is 3.30. The molecule has 0 N–H and O–H groups in total. The Hall–Kier alpha value is -3.68. The van der Waals surface area contributed by atoms with Gasteiger partial charge in [0, 0.05) is 18.7 Å². The minimum atomic E-state index is -0.516. The van der Waals surface area contributed by atoms with Crippen LogP contribution in [0.4, 0.5) is 4.39 Å². The number of hydrogen-bond acceptors (Lipinski definition) is 5. The molecule has 1 saturated heterocycles. The highest BCUT2D eigenvalue weighted by molar-refractivity contribution is 5.94. The van der Waals surface area contributed by atoms with Crippen molar-refractivity contribution in [1.29, 1.82) is 0 Å². The van der Waals surface area contributed by atoms with Crippen molar-refractivity contribution in [3.05, 3.63) is 71.7 Å². The van der Waals surface area contributed by atoms with Crippen molar-refractivity contribution >= 4 is 11.9 Å². The summed E-state index contributed by atoms with van der Waals surface area (Å²) in [4.78, 5) is 26.8. The van der Waals surface area contributed by atoms with Crippen LogP contribution in [0.25, 0.3) is 11.3 Å². The maximum atomic E-state index is 14.1. The van der Waals surface area contributed by atoms with Gasteiger partial charge in [-0.3, -0.25) is 9.48 Å². The largest absolute Gasteiger partial charge is 0.497 e. The van der Waals surface area contributed by atoms with E-state index in [9.17, 15) is 14.0 Å². The van der Waals surface area contributed by atoms with Gasteiger partial charge < -0.3 is 14.4 Å². The van der Waals surface area contributed by atoms with E-state index in [4.69, 9.17) is 9.47 Å². The summed E-state index contributed by atoms with van der Waals surface area (Å²) in [7, 11) is 1.61. The van der Waals surface area contributed by atoms with Gasteiger partial charge in [0.25, 0.3) is 5.91 Å². The highest BCUT2D eigenvalue weighted by atomic mass is 19.1. The van der Waals surface area contributed by atoms with Crippen LogP contribution < -0.4 is 4.74 Å². The van der Waals surface area contributed by atoms with Crippen LogP contribution in [0, 0.1) is 5.82 Å². The summed E-state index contributed by atoms with van der Waals surface area (Å²) in [6, 6.07) is 15.3. The van der Waals surface area contributed by atoms with E-state index in [1.807, 2.05) is 28.9 Å². The second-order valence-electron chi connectivity index (χ2n) is 7.81. The van der Waals surface area contributed by atoms with Crippen LogP contribution in [0.1, 0.15) is 46.7 Å². The molecule has 0 unspecified atom stereocenters. The zero-order valence-electron chi connectivity index (χ0n) is 18.7. The van der Waals surface area contributed by atoms with Crippen LogP contribution >= 0.6 is 0 Å². The van der Waals surface area contributed by atoms with Crippen molar-refractivity contribution in [2.75, 3.05) is 26.8 Å². The van der Waals surface area contributed by atoms with E-state index < -0.39 is 11.8 Å². The van der Waals surface area contributed by atoms with Crippen molar-refractivity contribution in [2.24, 2.45) is 0 Å². The third-order valence-corrected chi connectivity index (χ3v) is 5.81. The van der Waals surface area contributed by atoms with Crippen LogP contribution in [0.5, 0.6) is 5.75 Å². The monoisotopic (exact) mass is 451 g/mol. The fourth-order valence-corrected chi connectivity index (χ4v) is 4.07. The molecule has 4 rings (SSSR count). The molecular formula is C25H26FN3O4. The van der Waals surface area contributed by atoms with Crippen LogP contribution in [-0.2, 0) is 4.74 Å². The number of hydrogen-bond donors (Lipinski definition) is 0. The van der Waals surface area contributed by atoms with E-state index in [-0.39, 0.29) is 29.8 Å². The molecule has 1 amide bonds. The number of nitrogens with zero attached hydrogens (tertiary/aromatic N) is 3. The summed E-state index contributed by atoms with van der Waals surface area (Å²) in [6.07, 6.45) is 1.26. The molecule has 3 aromatic rings. The van der Waals surface area contributed by atoms with Crippen molar-refractivity contribution in [3.8, 4) is 17.0 Å². The first kappa shape index (κ1) is 22.5. The highest BCUT2D eigenvalue weighted by Gasteiger charge is 2.29. The predicted octanol–water partition coefficient (Wildman–Crippen LogP) is 4.35. The number of carbonyl (C=O) groups is 2. The number of aromatic nitrogens is 2. The van der Waals surface area contributed by atoms with Gasteiger partial charge >= 0.3 is 5.97 Å². The second-order valence-corrected chi connectivity index (χ2v) is 7.81. The van der Waals surface area contributed by atoms with E-state index in [0.29, 0.717) is 25.9 Å². The van der Waals surface area contributed by atoms with Crippen molar-refractivity contribution in [2.45, 2.75) is 25.8 Å². The molecule has 7 nitrogen and oxygen atoms in total. The van der Waals surface area contributed by atoms with E-state index in [1.54, 1.807) is 37.1 Å². The minimum Gasteiger partial charge on any atom is -0.497 e. The fraction of sp³-hybridized carbons (Fsp3) is 0.320. The molecular weight excluding hydrogens is 425 g/mol. The second kappa shape index (κ2) is 9.85. The molecule has 172 valence electrons. The zero-order chi connectivity index (χ0) is 23.4. The summed E-state index contributed by atoms with van der Waals surface area (Å²) >= 11 is 0. The number of likely N-dealkylation sites (tertiary alicyclic amines) is 1. The number of amides is 1. The van der Waals surface area contributed by atoms with Crippen LogP contribution in [-0.4, -0.2) is 53.4 Å². The van der Waals surface area contributed by atoms with Crippen molar-refractivity contribution < 1.29 is 23.5 Å². The van der Waals surface area contributed by atoms with Gasteiger partial charge in [0.2, 0.25) is 0 Å². The molecule has 1 aliphatic heterocycles. The van der Waals surface area contributed by atoms with Crippen molar-refractivity contribution in [3.63, 3.8) is 0 Å². The first-order valence-electron chi connectivity index (χ1n) is 11.0. The maximum absolute atomic E-state index is 14.1. The lowest BCUT2D eigenvalue weighted by atomic mass is 10.0. The summed E-state index contributed by atoms with van der Waals surface area (Å²) in [5.74, 6) is -0.569. The lowest BCUT2D eigenvalue weighted by molar-refractivity contribution is 0.0517. The Morgan fingerprint density at radius 1 is 1.09 bits per heavy atom. The Morgan fingerprint density at radius 2 is 1.79 bits per heavy atom. The molecule has 2 heterocycles. The molecule has 1 aromatic heterocycles. The van der Waals surface area contributed by atoms with Gasteiger partial charge in [-0.05, 0) is 62.2 Å². The smallest absolute Gasteiger partial charge is 0.358 e. The zero-order valence-corrected chi connectivity index (χ0v) is 18.7. The number of halogens is 1. The van der Waals surface area contributed by atoms with Gasteiger partial charge in [-0.2, -0.15) is 5.10 Å². The van der Waals surface area contributed by atoms with Crippen LogP contribution in [0.3, 0.4) is 0 Å². The van der Waals surface area contributed by atoms with E-state index in [1.165, 1.54) is 12.1 Å². The highest BCUT2D eigenvalue weighted by Crippen LogP contribution is 2.31. The maximum Gasteiger partial charge on any atom is 0.358 e. The minimum absolute atomic E-state index is 0.0186. The molecule has 0 atom stereocenters. The summed E-state index contributed by atoms with van der Waals surface area (Å²) in [5, 5.41) is 4.56. The molecule has 2 aromatic carbocycles. The van der Waals surface area contributed by atoms with E-state index in [2.05, 4.69) is 5.10 Å². The number of esters is 1. The van der Waals surface area contributed by atoms with Gasteiger partial charge in [-0.15, -0.1) is 0 Å². The Morgan fingerprint density at radius 3 is 2.42 bits per heavy atom. The number of benzene rings is 2. The number of methoxy groups -OCH3 is 1. The van der Waals surface area contributed by atoms with Crippen molar-refractivity contribution in [1.82, 2.24) is 14.7 Å². The number of piperidine rings is 1. The summed E-state index contributed by atoms with van der Waals surface area (Å²) in [6.45, 7) is 2.95. The van der Waals surface area contributed by atoms with Gasteiger partial charge in [0.15, 0.2) is 5.69 Å². The summed E-state index contributed by atoms with van der Waals surface area (Å²) in [5.41, 5.74) is 2.01. The first-order valence-corrected chi connectivity index (χ1v) is 11.0. The SMILES string of the molecule is CCOC(=O)c1cc(-c2ccc(OC)cc2)n(C2CCN(C(=O)c3ccccc3F)CC2)n1. The molecule has 0 saturated carbocycles. The standard InChI is InChI=1S/C25H26FN3O4/c1-3-33-25(31)22-16-23(17-8-10-19(32-2)11-9-17)29(27-22)18-12-14-28(15-13-18)24(30)20-6-4-5-7-21(20)26/h4-11,16,18H,3,12-15H2,1-2H3. The topological polar surface area (TPSA) is 73.7 Å². The normalized spacial score (nSPS) is 14.2. The van der Waals surface area contributed by atoms with Crippen LogP contribution in [0.15, 0.2) is 54.6 Å². The van der Waals surface area contributed by atoms with Gasteiger partial charge in [0.05, 0.1) is 31.0 Å². The Bertz CT molecular complexity index is 1130. The number of rotatable bonds is 6. The lowest BCUT2D eigenvalue weighted by Gasteiger charge is -2.33. The lowest BCUT2D eigenvalue weighted by Crippen LogP contribution is -2.39. The van der Waals surface area contributed by atoms with Crippen LogP contribution in [0.2, 0.25) is 0 Å². The van der Waals surface area contributed by atoms with Gasteiger partial charge in [-0.25, -0.2) is 9.18 Å². The van der Waals surface area contributed by atoms with Gasteiger partial charge in [-0.1, -0.05) is 12.1 Å². The Kier molecular flexibility index (Phi) is 6.72. The molecule has 0 spiro atoms. The van der Waals surface area contributed by atoms with Gasteiger partial charge in [0.1, 0.15) is 11.6 Å². The molecule has 1 aliphatic rings. The number of carbonyl (C=O) groups excluding carboxylic acids is 2. The molecule has 8 heteroatoms. The Labute approximate surface area is 191 Å². The predicted molar refractivity (Wildman–Crippen MR) is 121 cm³/mol. The molecule has 0 bridgehead atoms. The fourth-order valence-electron chi connectivity index (χ4n) is 4.07. The average molecular weight is 451 g/mol. The third-order valence-electron chi connectivity index (χ3n) is 5.81. The molecule has 33 heavy (non-hydrogen) atoms. The molecule has 0 radical (unpaired) electrons. The number of ether oxygens (including phenoxy) is 2. The van der Waals surface area contributed by atoms with E-state index >= 15 is 0 Å². The quantitative estimate of drug-likeness (QED) is 0.521. The summed E-state index contributed by atoms with van der Waals surface area (Å²) < 4.78 is 26.3. The van der Waals surface area contributed by atoms with E-state index in [0.717, 1.165) is 17.0 Å². The molecule has 1 fully saturated rings. The third kappa shape index (κ3) is 4.74. The first-order chi connectivity index (χ1) is 16.0. The Balaban J connectivity index is 1.57. The molecule has 0 aliphatic carbocycles.